The molecule has 1 aromatic heterocycles. The van der Waals surface area contributed by atoms with Crippen LogP contribution in [-0.2, 0) is 0 Å². The molecule has 0 aliphatic heterocycles. The molecule has 78 valence electrons. The molecule has 0 unspecified atom stereocenters. The molecule has 2 rings (SSSR count). The van der Waals surface area contributed by atoms with E-state index in [0.717, 1.165) is 15.6 Å². The average molecular weight is 288 g/mol. The highest BCUT2D eigenvalue weighted by molar-refractivity contribution is 9.10. The minimum Gasteiger partial charge on any atom is -0.381 e. The highest BCUT2D eigenvalue weighted by Crippen LogP contribution is 2.31. The molecule has 0 fully saturated rings. The largest absolute Gasteiger partial charge is 0.381 e. The van der Waals surface area contributed by atoms with Crippen molar-refractivity contribution in [2.45, 2.75) is 6.92 Å². The third-order valence-electron chi connectivity index (χ3n) is 2.08. The number of halogens is 2. The van der Waals surface area contributed by atoms with Crippen molar-refractivity contribution in [2.24, 2.45) is 0 Å². The highest BCUT2D eigenvalue weighted by Gasteiger charge is 2.12. The SMILES string of the molecule is Cc1c(N)noc1-c1cc(Cl)cc(Br)c1. The number of anilines is 1. The monoisotopic (exact) mass is 286 g/mol. The standard InChI is InChI=1S/C10H8BrClN2O/c1-5-9(15-14-10(5)13)6-2-7(11)4-8(12)3-6/h2-4H,1H3,(H2,13,14). The number of benzene rings is 1. The minimum absolute atomic E-state index is 0.404. The predicted octanol–water partition coefficient (Wildman–Crippen LogP) is 3.65. The van der Waals surface area contributed by atoms with Gasteiger partial charge in [0.25, 0.3) is 0 Å². The van der Waals surface area contributed by atoms with E-state index in [1.165, 1.54) is 0 Å². The zero-order valence-corrected chi connectivity index (χ0v) is 10.3. The summed E-state index contributed by atoms with van der Waals surface area (Å²) in [6.45, 7) is 1.86. The van der Waals surface area contributed by atoms with Crippen LogP contribution < -0.4 is 5.73 Å². The smallest absolute Gasteiger partial charge is 0.172 e. The second-order valence-corrected chi connectivity index (χ2v) is 4.53. The molecule has 0 radical (unpaired) electrons. The maximum Gasteiger partial charge on any atom is 0.172 e. The lowest BCUT2D eigenvalue weighted by molar-refractivity contribution is 0.435. The number of hydrogen-bond donors (Lipinski definition) is 1. The van der Waals surface area contributed by atoms with Gasteiger partial charge in [-0.2, -0.15) is 0 Å². The summed E-state index contributed by atoms with van der Waals surface area (Å²) in [5, 5.41) is 4.33. The van der Waals surface area contributed by atoms with Crippen molar-refractivity contribution < 1.29 is 4.52 Å². The summed E-state index contributed by atoms with van der Waals surface area (Å²) in [4.78, 5) is 0. The molecule has 2 aromatic rings. The first-order valence-corrected chi connectivity index (χ1v) is 5.43. The zero-order chi connectivity index (χ0) is 11.0. The summed E-state index contributed by atoms with van der Waals surface area (Å²) in [5.41, 5.74) is 7.29. The van der Waals surface area contributed by atoms with Gasteiger partial charge >= 0.3 is 0 Å². The molecule has 3 nitrogen and oxygen atoms in total. The van der Waals surface area contributed by atoms with Gasteiger partial charge in [0.05, 0.1) is 0 Å². The Morgan fingerprint density at radius 2 is 2.13 bits per heavy atom. The van der Waals surface area contributed by atoms with E-state index in [4.69, 9.17) is 21.9 Å². The molecule has 5 heteroatoms. The maximum atomic E-state index is 5.94. The molecule has 0 bridgehead atoms. The lowest BCUT2D eigenvalue weighted by atomic mass is 10.1. The summed E-state index contributed by atoms with van der Waals surface area (Å²) in [7, 11) is 0. The summed E-state index contributed by atoms with van der Waals surface area (Å²) in [6.07, 6.45) is 0. The number of hydrogen-bond acceptors (Lipinski definition) is 3. The Bertz CT molecular complexity index is 490. The van der Waals surface area contributed by atoms with Crippen LogP contribution in [0.25, 0.3) is 11.3 Å². The van der Waals surface area contributed by atoms with Crippen LogP contribution in [0.4, 0.5) is 5.82 Å². The normalized spacial score (nSPS) is 10.6. The van der Waals surface area contributed by atoms with Crippen molar-refractivity contribution in [2.75, 3.05) is 5.73 Å². The summed E-state index contributed by atoms with van der Waals surface area (Å²) < 4.78 is 6.02. The van der Waals surface area contributed by atoms with Gasteiger partial charge in [0.2, 0.25) is 0 Å². The molecule has 0 spiro atoms. The van der Waals surface area contributed by atoms with Gasteiger partial charge in [-0.05, 0) is 25.1 Å². The molecule has 1 aromatic carbocycles. The van der Waals surface area contributed by atoms with Crippen molar-refractivity contribution >= 4 is 33.3 Å². The van der Waals surface area contributed by atoms with Crippen LogP contribution in [0.2, 0.25) is 5.02 Å². The Hall–Kier alpha value is -1.000. The summed E-state index contributed by atoms with van der Waals surface area (Å²) in [6, 6.07) is 5.51. The minimum atomic E-state index is 0.404. The van der Waals surface area contributed by atoms with E-state index in [2.05, 4.69) is 21.1 Å². The number of rotatable bonds is 1. The number of nitrogens with two attached hydrogens (primary N) is 1. The maximum absolute atomic E-state index is 5.94. The van der Waals surface area contributed by atoms with Crippen molar-refractivity contribution in [1.29, 1.82) is 0 Å². The van der Waals surface area contributed by atoms with Gasteiger partial charge in [-0.15, -0.1) is 0 Å². The van der Waals surface area contributed by atoms with E-state index in [1.807, 2.05) is 13.0 Å². The molecule has 15 heavy (non-hydrogen) atoms. The van der Waals surface area contributed by atoms with E-state index < -0.39 is 0 Å². The van der Waals surface area contributed by atoms with Gasteiger partial charge in [0, 0.05) is 20.6 Å². The van der Waals surface area contributed by atoms with Crippen molar-refractivity contribution in [3.05, 3.63) is 33.3 Å². The average Bonchev–Trinajstić information content (AvgIpc) is 2.46. The Kier molecular flexibility index (Phi) is 2.71. The van der Waals surface area contributed by atoms with Crippen molar-refractivity contribution in [1.82, 2.24) is 5.16 Å². The molecule has 1 heterocycles. The molecule has 0 saturated carbocycles. The van der Waals surface area contributed by atoms with E-state index in [1.54, 1.807) is 12.1 Å². The molecule has 0 atom stereocenters. The van der Waals surface area contributed by atoms with E-state index in [-0.39, 0.29) is 0 Å². The third kappa shape index (κ3) is 2.01. The number of nitrogen functional groups attached to an aromatic ring is 1. The first-order chi connectivity index (χ1) is 7.08. The molecule has 0 aliphatic carbocycles. The van der Waals surface area contributed by atoms with Gasteiger partial charge in [-0.1, -0.05) is 32.7 Å². The third-order valence-corrected chi connectivity index (χ3v) is 2.76. The lowest BCUT2D eigenvalue weighted by Gasteiger charge is -2.00. The Labute approximate surface area is 100 Å². The molecular weight excluding hydrogens is 279 g/mol. The van der Waals surface area contributed by atoms with Crippen LogP contribution in [0.1, 0.15) is 5.56 Å². The highest BCUT2D eigenvalue weighted by atomic mass is 79.9. The lowest BCUT2D eigenvalue weighted by Crippen LogP contribution is -1.86. The second kappa shape index (κ2) is 3.87. The fourth-order valence-electron chi connectivity index (χ4n) is 1.30. The quantitative estimate of drug-likeness (QED) is 0.871. The Morgan fingerprint density at radius 3 is 2.67 bits per heavy atom. The topological polar surface area (TPSA) is 52.0 Å². The van der Waals surface area contributed by atoms with Gasteiger partial charge in [-0.25, -0.2) is 0 Å². The van der Waals surface area contributed by atoms with E-state index in [0.29, 0.717) is 16.6 Å². The number of aromatic nitrogens is 1. The first kappa shape index (κ1) is 10.5. The van der Waals surface area contributed by atoms with Gasteiger partial charge in [-0.3, -0.25) is 0 Å². The van der Waals surface area contributed by atoms with Crippen LogP contribution in [0.3, 0.4) is 0 Å². The van der Waals surface area contributed by atoms with Crippen LogP contribution in [0.5, 0.6) is 0 Å². The summed E-state index contributed by atoms with van der Waals surface area (Å²) >= 11 is 9.30. The van der Waals surface area contributed by atoms with Gasteiger partial charge in [0.15, 0.2) is 11.6 Å². The zero-order valence-electron chi connectivity index (χ0n) is 7.92. The Balaban J connectivity index is 2.58. The molecule has 2 N–H and O–H groups in total. The Morgan fingerprint density at radius 1 is 1.40 bits per heavy atom. The molecule has 0 saturated heterocycles. The fourth-order valence-corrected chi connectivity index (χ4v) is 2.16. The van der Waals surface area contributed by atoms with Crippen LogP contribution in [0.15, 0.2) is 27.2 Å². The first-order valence-electron chi connectivity index (χ1n) is 4.26. The van der Waals surface area contributed by atoms with E-state index in [9.17, 15) is 0 Å². The van der Waals surface area contributed by atoms with Crippen molar-refractivity contribution in [3.8, 4) is 11.3 Å². The van der Waals surface area contributed by atoms with Crippen LogP contribution >= 0.6 is 27.5 Å². The molecular formula is C10H8BrClN2O. The van der Waals surface area contributed by atoms with Gasteiger partial charge < -0.3 is 10.3 Å². The van der Waals surface area contributed by atoms with Gasteiger partial charge in [0.1, 0.15) is 0 Å². The predicted molar refractivity (Wildman–Crippen MR) is 63.8 cm³/mol. The van der Waals surface area contributed by atoms with Crippen LogP contribution in [0, 0.1) is 6.92 Å². The molecule has 0 amide bonds. The van der Waals surface area contributed by atoms with Crippen molar-refractivity contribution in [3.63, 3.8) is 0 Å². The van der Waals surface area contributed by atoms with E-state index >= 15 is 0 Å². The second-order valence-electron chi connectivity index (χ2n) is 3.18. The molecule has 0 aliphatic rings. The number of nitrogens with zero attached hydrogens (tertiary/aromatic N) is 1. The summed E-state index contributed by atoms with van der Waals surface area (Å²) in [5.74, 6) is 1.05. The fraction of sp³-hybridized carbons (Fsp3) is 0.100. The van der Waals surface area contributed by atoms with Crippen LogP contribution in [-0.4, -0.2) is 5.16 Å².